The third kappa shape index (κ3) is 4.46. The van der Waals surface area contributed by atoms with Crippen molar-refractivity contribution in [2.45, 2.75) is 18.8 Å². The standard InChI is InChI=1S/C18H17ClN2O2S/c19-14-5-3-13(4-6-14)17(10-16-2-1-9-23-16)18(22)20-8-7-15-11-24-12-21-15/h1-6,9,11-12,17H,7-8,10H2,(H,20,22). The molecule has 24 heavy (non-hydrogen) atoms. The van der Waals surface area contributed by atoms with E-state index in [9.17, 15) is 4.79 Å². The molecule has 1 unspecified atom stereocenters. The van der Waals surface area contributed by atoms with Crippen LogP contribution < -0.4 is 5.32 Å². The fourth-order valence-electron chi connectivity index (χ4n) is 2.48. The lowest BCUT2D eigenvalue weighted by molar-refractivity contribution is -0.122. The molecule has 0 bridgehead atoms. The minimum absolute atomic E-state index is 0.0241. The normalized spacial score (nSPS) is 12.0. The zero-order chi connectivity index (χ0) is 16.8. The Morgan fingerprint density at radius 1 is 1.29 bits per heavy atom. The molecule has 0 aliphatic rings. The highest BCUT2D eigenvalue weighted by atomic mass is 35.5. The SMILES string of the molecule is O=C(NCCc1cscn1)C(Cc1ccco1)c1ccc(Cl)cc1. The number of nitrogens with zero attached hydrogens (tertiary/aromatic N) is 1. The van der Waals surface area contributed by atoms with Crippen LogP contribution in [0.15, 0.2) is 58.0 Å². The Bertz CT molecular complexity index is 755. The van der Waals surface area contributed by atoms with E-state index >= 15 is 0 Å². The minimum atomic E-state index is -0.316. The van der Waals surface area contributed by atoms with Crippen molar-refractivity contribution in [3.63, 3.8) is 0 Å². The van der Waals surface area contributed by atoms with Gasteiger partial charge in [0.1, 0.15) is 5.76 Å². The van der Waals surface area contributed by atoms with Crippen LogP contribution in [0, 0.1) is 0 Å². The van der Waals surface area contributed by atoms with Crippen LogP contribution in [0.1, 0.15) is 22.9 Å². The summed E-state index contributed by atoms with van der Waals surface area (Å²) in [4.78, 5) is 16.9. The molecule has 3 aromatic rings. The molecule has 1 N–H and O–H groups in total. The van der Waals surface area contributed by atoms with Crippen molar-refractivity contribution < 1.29 is 9.21 Å². The highest BCUT2D eigenvalue weighted by Gasteiger charge is 2.22. The third-order valence-electron chi connectivity index (χ3n) is 3.74. The van der Waals surface area contributed by atoms with Crippen LogP contribution >= 0.6 is 22.9 Å². The van der Waals surface area contributed by atoms with Gasteiger partial charge < -0.3 is 9.73 Å². The second kappa shape index (κ2) is 8.13. The van der Waals surface area contributed by atoms with Crippen LogP contribution in [0.25, 0.3) is 0 Å². The van der Waals surface area contributed by atoms with Crippen LogP contribution in [0.2, 0.25) is 5.02 Å². The lowest BCUT2D eigenvalue weighted by atomic mass is 9.93. The first kappa shape index (κ1) is 16.7. The van der Waals surface area contributed by atoms with Crippen molar-refractivity contribution in [1.82, 2.24) is 10.3 Å². The summed E-state index contributed by atoms with van der Waals surface area (Å²) in [5.74, 6) is 0.442. The second-order valence-electron chi connectivity index (χ2n) is 5.41. The van der Waals surface area contributed by atoms with Gasteiger partial charge in [0.25, 0.3) is 0 Å². The number of carbonyl (C=O) groups excluding carboxylic acids is 1. The maximum absolute atomic E-state index is 12.7. The molecule has 2 heterocycles. The summed E-state index contributed by atoms with van der Waals surface area (Å²) in [5.41, 5.74) is 3.71. The highest BCUT2D eigenvalue weighted by Crippen LogP contribution is 2.23. The highest BCUT2D eigenvalue weighted by molar-refractivity contribution is 7.07. The first-order valence-electron chi connectivity index (χ1n) is 7.65. The summed E-state index contributed by atoms with van der Waals surface area (Å²) in [6.07, 6.45) is 2.86. The van der Waals surface area contributed by atoms with Gasteiger partial charge in [0.15, 0.2) is 0 Å². The molecule has 1 atom stereocenters. The van der Waals surface area contributed by atoms with Crippen LogP contribution in [0.5, 0.6) is 0 Å². The van der Waals surface area contributed by atoms with Gasteiger partial charge in [-0.15, -0.1) is 11.3 Å². The quantitative estimate of drug-likeness (QED) is 0.690. The van der Waals surface area contributed by atoms with E-state index in [1.165, 1.54) is 0 Å². The molecular formula is C18H17ClN2O2S. The Balaban J connectivity index is 1.68. The fourth-order valence-corrected chi connectivity index (χ4v) is 3.20. The van der Waals surface area contributed by atoms with Gasteiger partial charge in [-0.3, -0.25) is 4.79 Å². The van der Waals surface area contributed by atoms with Gasteiger partial charge in [0.05, 0.1) is 23.4 Å². The fraction of sp³-hybridized carbons (Fsp3) is 0.222. The first-order chi connectivity index (χ1) is 11.7. The summed E-state index contributed by atoms with van der Waals surface area (Å²) >= 11 is 7.51. The molecule has 2 aromatic heterocycles. The number of carbonyl (C=O) groups is 1. The van der Waals surface area contributed by atoms with Crippen LogP contribution in [0.4, 0.5) is 0 Å². The molecule has 124 valence electrons. The summed E-state index contributed by atoms with van der Waals surface area (Å²) < 4.78 is 5.41. The number of hydrogen-bond acceptors (Lipinski definition) is 4. The molecule has 0 aliphatic carbocycles. The van der Waals surface area contributed by atoms with Gasteiger partial charge >= 0.3 is 0 Å². The monoisotopic (exact) mass is 360 g/mol. The van der Waals surface area contributed by atoms with Crippen LogP contribution in [-0.4, -0.2) is 17.4 Å². The maximum Gasteiger partial charge on any atom is 0.228 e. The van der Waals surface area contributed by atoms with E-state index in [1.807, 2.05) is 29.6 Å². The molecule has 0 saturated heterocycles. The molecule has 0 aliphatic heterocycles. The molecule has 6 heteroatoms. The number of aromatic nitrogens is 1. The number of rotatable bonds is 7. The molecule has 0 radical (unpaired) electrons. The van der Waals surface area contributed by atoms with Gasteiger partial charge in [-0.2, -0.15) is 0 Å². The molecule has 4 nitrogen and oxygen atoms in total. The number of halogens is 1. The average Bonchev–Trinajstić information content (AvgIpc) is 3.27. The Labute approximate surface area is 149 Å². The van der Waals surface area contributed by atoms with Gasteiger partial charge in [0, 0.05) is 29.8 Å². The smallest absolute Gasteiger partial charge is 0.228 e. The number of amides is 1. The van der Waals surface area contributed by atoms with E-state index in [2.05, 4.69) is 10.3 Å². The van der Waals surface area contributed by atoms with Crippen molar-refractivity contribution in [3.8, 4) is 0 Å². The summed E-state index contributed by atoms with van der Waals surface area (Å²) in [5, 5.41) is 5.64. The maximum atomic E-state index is 12.7. The summed E-state index contributed by atoms with van der Waals surface area (Å²) in [7, 11) is 0. The Morgan fingerprint density at radius 2 is 2.12 bits per heavy atom. The average molecular weight is 361 g/mol. The zero-order valence-corrected chi connectivity index (χ0v) is 14.5. The van der Waals surface area contributed by atoms with Crippen molar-refractivity contribution in [3.05, 3.63) is 75.6 Å². The van der Waals surface area contributed by atoms with E-state index in [-0.39, 0.29) is 11.8 Å². The molecule has 0 saturated carbocycles. The van der Waals surface area contributed by atoms with E-state index < -0.39 is 0 Å². The van der Waals surface area contributed by atoms with Crippen molar-refractivity contribution in [1.29, 1.82) is 0 Å². The summed E-state index contributed by atoms with van der Waals surface area (Å²) in [6.45, 7) is 0.560. The molecule has 0 spiro atoms. The Hall–Kier alpha value is -2.11. The van der Waals surface area contributed by atoms with Gasteiger partial charge in [-0.25, -0.2) is 4.98 Å². The Morgan fingerprint density at radius 3 is 2.79 bits per heavy atom. The number of nitrogens with one attached hydrogen (secondary N) is 1. The van der Waals surface area contributed by atoms with Gasteiger partial charge in [-0.1, -0.05) is 23.7 Å². The van der Waals surface area contributed by atoms with Crippen molar-refractivity contribution >= 4 is 28.8 Å². The zero-order valence-electron chi connectivity index (χ0n) is 12.9. The van der Waals surface area contributed by atoms with Gasteiger partial charge in [-0.05, 0) is 29.8 Å². The van der Waals surface area contributed by atoms with E-state index in [0.717, 1.165) is 23.4 Å². The minimum Gasteiger partial charge on any atom is -0.469 e. The second-order valence-corrected chi connectivity index (χ2v) is 6.56. The number of furan rings is 1. The molecule has 3 rings (SSSR count). The Kier molecular flexibility index (Phi) is 5.67. The van der Waals surface area contributed by atoms with E-state index in [0.29, 0.717) is 18.0 Å². The molecular weight excluding hydrogens is 344 g/mol. The predicted molar refractivity (Wildman–Crippen MR) is 95.4 cm³/mol. The predicted octanol–water partition coefficient (Wildman–Crippen LogP) is 4.07. The third-order valence-corrected chi connectivity index (χ3v) is 4.63. The number of benzene rings is 1. The van der Waals surface area contributed by atoms with Gasteiger partial charge in [0.2, 0.25) is 5.91 Å². The lowest BCUT2D eigenvalue weighted by Crippen LogP contribution is -2.32. The lowest BCUT2D eigenvalue weighted by Gasteiger charge is -2.16. The van der Waals surface area contributed by atoms with Crippen molar-refractivity contribution in [2.24, 2.45) is 0 Å². The van der Waals surface area contributed by atoms with Crippen molar-refractivity contribution in [2.75, 3.05) is 6.54 Å². The summed E-state index contributed by atoms with van der Waals surface area (Å²) in [6, 6.07) is 11.1. The molecule has 1 aromatic carbocycles. The van der Waals surface area contributed by atoms with E-state index in [4.69, 9.17) is 16.0 Å². The number of hydrogen-bond donors (Lipinski definition) is 1. The largest absolute Gasteiger partial charge is 0.469 e. The van der Waals surface area contributed by atoms with Crippen LogP contribution in [-0.2, 0) is 17.6 Å². The van der Waals surface area contributed by atoms with E-state index in [1.54, 1.807) is 35.2 Å². The first-order valence-corrected chi connectivity index (χ1v) is 8.97. The molecule has 1 amide bonds. The molecule has 0 fully saturated rings. The van der Waals surface area contributed by atoms with Crippen LogP contribution in [0.3, 0.4) is 0 Å². The number of thiazole rings is 1. The topological polar surface area (TPSA) is 55.1 Å².